The number of anilines is 1. The molecule has 2 aromatic heterocycles. The lowest BCUT2D eigenvalue weighted by molar-refractivity contribution is -0.137. The topological polar surface area (TPSA) is 204 Å². The Kier molecular flexibility index (Phi) is 11.0. The Bertz CT molecular complexity index is 2640. The van der Waals surface area contributed by atoms with Crippen LogP contribution in [-0.4, -0.2) is 122 Å². The highest BCUT2D eigenvalue weighted by Gasteiger charge is 2.47. The molecule has 5 aliphatic heterocycles. The van der Waals surface area contributed by atoms with E-state index in [0.29, 0.717) is 62.8 Å². The zero-order chi connectivity index (χ0) is 44.0. The first kappa shape index (κ1) is 41.3. The summed E-state index contributed by atoms with van der Waals surface area (Å²) in [6.45, 7) is 4.34. The lowest BCUT2D eigenvalue weighted by atomic mass is 9.82. The van der Waals surface area contributed by atoms with Gasteiger partial charge in [-0.1, -0.05) is 18.2 Å². The van der Waals surface area contributed by atoms with Gasteiger partial charge in [-0.3, -0.25) is 39.1 Å². The third kappa shape index (κ3) is 7.93. The van der Waals surface area contributed by atoms with E-state index in [0.717, 1.165) is 77.5 Å². The van der Waals surface area contributed by atoms with Crippen molar-refractivity contribution in [1.29, 1.82) is 0 Å². The van der Waals surface area contributed by atoms with Crippen LogP contribution < -0.4 is 20.5 Å². The molecule has 3 saturated heterocycles. The molecule has 330 valence electrons. The first-order chi connectivity index (χ1) is 31.1. The number of hydrogen-bond acceptors (Lipinski definition) is 13. The molecule has 2 atom stereocenters. The Labute approximate surface area is 368 Å². The van der Waals surface area contributed by atoms with Crippen LogP contribution in [0, 0.1) is 0 Å². The second kappa shape index (κ2) is 17.1. The maximum absolute atomic E-state index is 13.4. The Morgan fingerprint density at radius 2 is 1.64 bits per heavy atom. The Morgan fingerprint density at radius 3 is 2.42 bits per heavy atom. The van der Waals surface area contributed by atoms with Crippen LogP contribution in [0.25, 0.3) is 22.3 Å². The number of piperidine rings is 3. The minimum atomic E-state index is -1.02. The number of fused-ring (bicyclic) bond motifs is 3. The van der Waals surface area contributed by atoms with Gasteiger partial charge in [-0.2, -0.15) is 5.10 Å². The number of rotatable bonds is 11. The number of aromatic nitrogens is 4. The van der Waals surface area contributed by atoms with Crippen LogP contribution in [0.4, 0.5) is 5.82 Å². The SMILES string of the molecule is Nc1ncnc2c1c(-c1ccc(Oc3ccccc3)cc1)nn2[C@@H]1CCCN(CCOCCC(=O)N2CCC3(CCc4cc5c(cc4O3)C(=O)N(C3CCC(=O)NC3=O)C5=O)CC2)C1. The van der Waals surface area contributed by atoms with E-state index in [4.69, 9.17) is 25.0 Å². The normalized spacial score (nSPS) is 20.9. The van der Waals surface area contributed by atoms with Crippen LogP contribution in [0.15, 0.2) is 73.1 Å². The number of imide groups is 2. The van der Waals surface area contributed by atoms with Gasteiger partial charge in [0.15, 0.2) is 5.65 Å². The maximum Gasteiger partial charge on any atom is 0.262 e. The molecule has 17 heteroatoms. The quantitative estimate of drug-likeness (QED) is 0.137. The van der Waals surface area contributed by atoms with Gasteiger partial charge in [0.05, 0.1) is 42.2 Å². The van der Waals surface area contributed by atoms with Gasteiger partial charge in [-0.15, -0.1) is 0 Å². The van der Waals surface area contributed by atoms with Gasteiger partial charge < -0.3 is 24.8 Å². The number of nitrogens with one attached hydrogen (secondary N) is 1. The van der Waals surface area contributed by atoms with E-state index in [9.17, 15) is 24.0 Å². The summed E-state index contributed by atoms with van der Waals surface area (Å²) in [7, 11) is 0. The van der Waals surface area contributed by atoms with Gasteiger partial charge in [0.1, 0.15) is 46.7 Å². The smallest absolute Gasteiger partial charge is 0.262 e. The molecule has 7 heterocycles. The van der Waals surface area contributed by atoms with Gasteiger partial charge in [0.2, 0.25) is 17.7 Å². The number of benzene rings is 3. The number of carbonyl (C=O) groups excluding carboxylic acids is 5. The summed E-state index contributed by atoms with van der Waals surface area (Å²) >= 11 is 0. The molecule has 5 aromatic rings. The van der Waals surface area contributed by atoms with Crippen molar-refractivity contribution in [2.24, 2.45) is 0 Å². The maximum atomic E-state index is 13.4. The van der Waals surface area contributed by atoms with Gasteiger partial charge in [-0.05, 0) is 92.7 Å². The summed E-state index contributed by atoms with van der Waals surface area (Å²) in [5.41, 5.74) is 9.57. The molecule has 0 saturated carbocycles. The molecule has 17 nitrogen and oxygen atoms in total. The molecule has 5 aliphatic rings. The molecule has 10 rings (SSSR count). The summed E-state index contributed by atoms with van der Waals surface area (Å²) in [6.07, 6.45) is 6.52. The minimum absolute atomic E-state index is 0.0422. The van der Waals surface area contributed by atoms with Crippen LogP contribution in [0.5, 0.6) is 17.2 Å². The predicted octanol–water partition coefficient (Wildman–Crippen LogP) is 4.70. The number of amides is 5. The molecule has 0 bridgehead atoms. The third-order valence-electron chi connectivity index (χ3n) is 13.3. The highest BCUT2D eigenvalue weighted by molar-refractivity contribution is 6.23. The highest BCUT2D eigenvalue weighted by atomic mass is 16.5. The molecule has 64 heavy (non-hydrogen) atoms. The number of nitrogens with two attached hydrogens (primary N) is 1. The number of ether oxygens (including phenoxy) is 3. The molecule has 3 aromatic carbocycles. The van der Waals surface area contributed by atoms with E-state index < -0.39 is 35.3 Å². The number of carbonyl (C=O) groups is 5. The Balaban J connectivity index is 0.694. The van der Waals surface area contributed by atoms with Crippen molar-refractivity contribution < 1.29 is 38.2 Å². The average molecular weight is 868 g/mol. The number of aryl methyl sites for hydroxylation is 1. The van der Waals surface area contributed by atoms with Crippen LogP contribution in [0.2, 0.25) is 0 Å². The minimum Gasteiger partial charge on any atom is -0.487 e. The summed E-state index contributed by atoms with van der Waals surface area (Å²) in [6, 6.07) is 19.8. The first-order valence-corrected chi connectivity index (χ1v) is 22.1. The van der Waals surface area contributed by atoms with Gasteiger partial charge >= 0.3 is 0 Å². The first-order valence-electron chi connectivity index (χ1n) is 22.1. The summed E-state index contributed by atoms with van der Waals surface area (Å²) in [4.78, 5) is 78.4. The van der Waals surface area contributed by atoms with Crippen molar-refractivity contribution >= 4 is 46.4 Å². The Morgan fingerprint density at radius 1 is 0.875 bits per heavy atom. The predicted molar refractivity (Wildman–Crippen MR) is 232 cm³/mol. The fraction of sp³-hybridized carbons (Fsp3) is 0.404. The number of hydrogen-bond donors (Lipinski definition) is 2. The molecule has 0 radical (unpaired) electrons. The van der Waals surface area contributed by atoms with Crippen molar-refractivity contribution in [2.75, 3.05) is 51.7 Å². The van der Waals surface area contributed by atoms with E-state index in [-0.39, 0.29) is 42.3 Å². The van der Waals surface area contributed by atoms with E-state index in [1.165, 1.54) is 6.33 Å². The molecule has 5 amide bonds. The lowest BCUT2D eigenvalue weighted by Gasteiger charge is -2.44. The lowest BCUT2D eigenvalue weighted by Crippen LogP contribution is -2.54. The van der Waals surface area contributed by atoms with E-state index >= 15 is 0 Å². The summed E-state index contributed by atoms with van der Waals surface area (Å²) in [5, 5.41) is 8.04. The van der Waals surface area contributed by atoms with Crippen LogP contribution in [0.1, 0.15) is 83.7 Å². The molecule has 1 spiro atoms. The monoisotopic (exact) mass is 867 g/mol. The van der Waals surface area contributed by atoms with Crippen molar-refractivity contribution in [3.05, 3.63) is 89.7 Å². The average Bonchev–Trinajstić information content (AvgIpc) is 3.81. The van der Waals surface area contributed by atoms with E-state index in [2.05, 4.69) is 20.2 Å². The van der Waals surface area contributed by atoms with E-state index in [1.54, 1.807) is 12.1 Å². The fourth-order valence-corrected chi connectivity index (χ4v) is 9.80. The second-order valence-electron chi connectivity index (χ2n) is 17.3. The zero-order valence-corrected chi connectivity index (χ0v) is 35.4. The summed E-state index contributed by atoms with van der Waals surface area (Å²) in [5.74, 6) is 0.314. The molecule has 3 N–H and O–H groups in total. The number of nitrogens with zero attached hydrogens (tertiary/aromatic N) is 7. The van der Waals surface area contributed by atoms with Crippen molar-refractivity contribution in [3.63, 3.8) is 0 Å². The second-order valence-corrected chi connectivity index (χ2v) is 17.3. The van der Waals surface area contributed by atoms with Crippen LogP contribution in [-0.2, 0) is 25.5 Å². The summed E-state index contributed by atoms with van der Waals surface area (Å²) < 4.78 is 20.6. The molecule has 0 aliphatic carbocycles. The number of likely N-dealkylation sites (tertiary alicyclic amines) is 2. The fourth-order valence-electron chi connectivity index (χ4n) is 9.80. The van der Waals surface area contributed by atoms with E-state index in [1.807, 2.05) is 64.2 Å². The van der Waals surface area contributed by atoms with Crippen molar-refractivity contribution in [1.82, 2.24) is 39.8 Å². The largest absolute Gasteiger partial charge is 0.487 e. The van der Waals surface area contributed by atoms with Gasteiger partial charge in [-0.25, -0.2) is 14.6 Å². The molecule has 3 fully saturated rings. The zero-order valence-electron chi connectivity index (χ0n) is 35.4. The molecule has 1 unspecified atom stereocenters. The highest BCUT2D eigenvalue weighted by Crippen LogP contribution is 2.43. The number of para-hydroxylation sites is 1. The standard InChI is InChI=1S/C47H49N9O8/c48-42-40-41(29-8-10-33(11-9-29)63-32-6-2-1-3-7-32)52-56(43(40)50-28-49-42)31-5-4-19-53(27-31)22-24-62-23-15-39(58)54-20-17-47(18-21-54)16-14-30-25-34-35(26-37(30)64-47)46(61)55(45(34)60)36-12-13-38(57)51-44(36)59/h1-3,6-11,25-26,28,31,36H,4-5,12-24,27H2,(H2,48,49,50)(H,51,57,59)/t31-,36?/m1/s1. The molecular weight excluding hydrogens is 819 g/mol. The van der Waals surface area contributed by atoms with Crippen molar-refractivity contribution in [2.45, 2.75) is 75.5 Å². The third-order valence-corrected chi connectivity index (χ3v) is 13.3. The van der Waals surface area contributed by atoms with Crippen LogP contribution >= 0.6 is 0 Å². The molecular formula is C47H49N9O8. The van der Waals surface area contributed by atoms with Crippen molar-refractivity contribution in [3.8, 4) is 28.5 Å². The Hall–Kier alpha value is -6.72. The van der Waals surface area contributed by atoms with Gasteiger partial charge in [0.25, 0.3) is 11.8 Å². The van der Waals surface area contributed by atoms with Gasteiger partial charge in [0, 0.05) is 51.0 Å². The van der Waals surface area contributed by atoms with Crippen LogP contribution in [0.3, 0.4) is 0 Å². The number of nitrogen functional groups attached to an aromatic ring is 1.